The number of halogens is 2. The van der Waals surface area contributed by atoms with Crippen LogP contribution in [0.15, 0.2) is 22.7 Å². The molecule has 0 saturated carbocycles. The Bertz CT molecular complexity index is 290. The van der Waals surface area contributed by atoms with Gasteiger partial charge in [-0.2, -0.15) is 0 Å². The van der Waals surface area contributed by atoms with Crippen molar-refractivity contribution in [2.75, 3.05) is 6.61 Å². The van der Waals surface area contributed by atoms with Crippen LogP contribution in [-0.4, -0.2) is 6.61 Å². The normalized spacial score (nSPS) is 10.7. The molecule has 0 N–H and O–H groups in total. The fourth-order valence-electron chi connectivity index (χ4n) is 1.35. The van der Waals surface area contributed by atoms with Crippen molar-refractivity contribution in [1.82, 2.24) is 0 Å². The van der Waals surface area contributed by atoms with Crippen molar-refractivity contribution in [2.24, 2.45) is 5.92 Å². The SMILES string of the molecule is CCC(CC)COc1cc(F)cc(Br)c1. The molecule has 0 saturated heterocycles. The van der Waals surface area contributed by atoms with E-state index in [1.165, 1.54) is 12.1 Å². The predicted molar refractivity (Wildman–Crippen MR) is 63.7 cm³/mol. The third-order valence-electron chi connectivity index (χ3n) is 2.48. The van der Waals surface area contributed by atoms with Crippen molar-refractivity contribution in [3.05, 3.63) is 28.5 Å². The van der Waals surface area contributed by atoms with Crippen molar-refractivity contribution in [1.29, 1.82) is 0 Å². The number of benzene rings is 1. The second-order valence-electron chi connectivity index (χ2n) is 3.60. The molecule has 0 aromatic heterocycles. The molecule has 0 bridgehead atoms. The van der Waals surface area contributed by atoms with Gasteiger partial charge in [-0.25, -0.2) is 4.39 Å². The Morgan fingerprint density at radius 3 is 2.47 bits per heavy atom. The first-order chi connectivity index (χ1) is 7.15. The molecule has 84 valence electrons. The number of ether oxygens (including phenoxy) is 1. The minimum atomic E-state index is -0.274. The van der Waals surface area contributed by atoms with Crippen molar-refractivity contribution in [3.8, 4) is 5.75 Å². The molecule has 0 aliphatic carbocycles. The fourth-order valence-corrected chi connectivity index (χ4v) is 1.79. The number of hydrogen-bond acceptors (Lipinski definition) is 1. The fraction of sp³-hybridized carbons (Fsp3) is 0.500. The van der Waals surface area contributed by atoms with Crippen LogP contribution in [-0.2, 0) is 0 Å². The molecule has 1 rings (SSSR count). The lowest BCUT2D eigenvalue weighted by Crippen LogP contribution is -2.10. The minimum Gasteiger partial charge on any atom is -0.493 e. The average molecular weight is 275 g/mol. The summed E-state index contributed by atoms with van der Waals surface area (Å²) in [5.41, 5.74) is 0. The number of hydrogen-bond donors (Lipinski definition) is 0. The first-order valence-electron chi connectivity index (χ1n) is 5.24. The van der Waals surface area contributed by atoms with Crippen LogP contribution in [0, 0.1) is 11.7 Å². The molecule has 15 heavy (non-hydrogen) atoms. The van der Waals surface area contributed by atoms with Gasteiger partial charge in [0.05, 0.1) is 6.61 Å². The molecule has 0 spiro atoms. The van der Waals surface area contributed by atoms with Gasteiger partial charge >= 0.3 is 0 Å². The zero-order valence-electron chi connectivity index (χ0n) is 9.09. The third kappa shape index (κ3) is 4.20. The van der Waals surface area contributed by atoms with E-state index in [0.717, 1.165) is 12.8 Å². The molecule has 1 aromatic rings. The lowest BCUT2D eigenvalue weighted by Gasteiger charge is -2.13. The van der Waals surface area contributed by atoms with Gasteiger partial charge in [-0.15, -0.1) is 0 Å². The van der Waals surface area contributed by atoms with Gasteiger partial charge in [-0.1, -0.05) is 42.6 Å². The molecule has 0 heterocycles. The van der Waals surface area contributed by atoms with Crippen LogP contribution in [0.2, 0.25) is 0 Å². The summed E-state index contributed by atoms with van der Waals surface area (Å²) in [5.74, 6) is 0.865. The molecule has 0 aliphatic rings. The number of rotatable bonds is 5. The highest BCUT2D eigenvalue weighted by Crippen LogP contribution is 2.21. The highest BCUT2D eigenvalue weighted by atomic mass is 79.9. The van der Waals surface area contributed by atoms with Crippen molar-refractivity contribution >= 4 is 15.9 Å². The van der Waals surface area contributed by atoms with Gasteiger partial charge in [0.1, 0.15) is 11.6 Å². The van der Waals surface area contributed by atoms with Gasteiger partial charge < -0.3 is 4.74 Å². The van der Waals surface area contributed by atoms with Gasteiger partial charge in [0, 0.05) is 10.5 Å². The summed E-state index contributed by atoms with van der Waals surface area (Å²) in [5, 5.41) is 0. The molecule has 0 aliphatic heterocycles. The van der Waals surface area contributed by atoms with Crippen LogP contribution < -0.4 is 4.74 Å². The molecule has 3 heteroatoms. The molecule has 1 nitrogen and oxygen atoms in total. The first-order valence-corrected chi connectivity index (χ1v) is 6.03. The molecule has 1 aromatic carbocycles. The quantitative estimate of drug-likeness (QED) is 0.773. The Hall–Kier alpha value is -0.570. The van der Waals surface area contributed by atoms with Crippen LogP contribution in [0.25, 0.3) is 0 Å². The Kier molecular flexibility index (Phi) is 5.09. The van der Waals surface area contributed by atoms with Crippen molar-refractivity contribution in [3.63, 3.8) is 0 Å². The summed E-state index contributed by atoms with van der Waals surface area (Å²) in [6.07, 6.45) is 2.18. The van der Waals surface area contributed by atoms with E-state index in [2.05, 4.69) is 29.8 Å². The summed E-state index contributed by atoms with van der Waals surface area (Å²) < 4.78 is 19.3. The van der Waals surface area contributed by atoms with Crippen LogP contribution in [0.5, 0.6) is 5.75 Å². The lowest BCUT2D eigenvalue weighted by molar-refractivity contribution is 0.239. The Morgan fingerprint density at radius 1 is 1.27 bits per heavy atom. The van der Waals surface area contributed by atoms with Crippen molar-refractivity contribution < 1.29 is 9.13 Å². The molecule has 0 atom stereocenters. The van der Waals surface area contributed by atoms with Crippen LogP contribution in [0.3, 0.4) is 0 Å². The van der Waals surface area contributed by atoms with E-state index in [4.69, 9.17) is 4.74 Å². The average Bonchev–Trinajstić information content (AvgIpc) is 2.18. The van der Waals surface area contributed by atoms with Crippen LogP contribution in [0.1, 0.15) is 26.7 Å². The van der Waals surface area contributed by atoms with E-state index in [0.29, 0.717) is 22.7 Å². The molecule has 0 amide bonds. The van der Waals surface area contributed by atoms with Gasteiger partial charge in [-0.05, 0) is 18.1 Å². The summed E-state index contributed by atoms with van der Waals surface area (Å²) in [6.45, 7) is 4.93. The monoisotopic (exact) mass is 274 g/mol. The maximum Gasteiger partial charge on any atom is 0.128 e. The second-order valence-corrected chi connectivity index (χ2v) is 4.51. The minimum absolute atomic E-state index is 0.274. The Balaban J connectivity index is 2.57. The molecule has 0 radical (unpaired) electrons. The van der Waals surface area contributed by atoms with Crippen LogP contribution in [0.4, 0.5) is 4.39 Å². The van der Waals surface area contributed by atoms with E-state index in [-0.39, 0.29) is 5.82 Å². The third-order valence-corrected chi connectivity index (χ3v) is 2.93. The van der Waals surface area contributed by atoms with E-state index in [1.54, 1.807) is 6.07 Å². The summed E-state index contributed by atoms with van der Waals surface area (Å²) in [4.78, 5) is 0. The van der Waals surface area contributed by atoms with Crippen LogP contribution >= 0.6 is 15.9 Å². The topological polar surface area (TPSA) is 9.23 Å². The molecular weight excluding hydrogens is 259 g/mol. The largest absolute Gasteiger partial charge is 0.493 e. The summed E-state index contributed by atoms with van der Waals surface area (Å²) in [7, 11) is 0. The zero-order chi connectivity index (χ0) is 11.3. The molecular formula is C12H16BrFO. The standard InChI is InChI=1S/C12H16BrFO/c1-3-9(4-2)8-15-12-6-10(13)5-11(14)7-12/h5-7,9H,3-4,8H2,1-2H3. The lowest BCUT2D eigenvalue weighted by atomic mass is 10.1. The molecule has 0 unspecified atom stereocenters. The maximum atomic E-state index is 13.0. The maximum absolute atomic E-state index is 13.0. The molecule has 0 fully saturated rings. The van der Waals surface area contributed by atoms with Gasteiger partial charge in [0.15, 0.2) is 0 Å². The van der Waals surface area contributed by atoms with E-state index in [1.807, 2.05) is 0 Å². The van der Waals surface area contributed by atoms with Crippen molar-refractivity contribution in [2.45, 2.75) is 26.7 Å². The van der Waals surface area contributed by atoms with Gasteiger partial charge in [0.2, 0.25) is 0 Å². The summed E-state index contributed by atoms with van der Waals surface area (Å²) in [6, 6.07) is 4.61. The first kappa shape index (κ1) is 12.5. The van der Waals surface area contributed by atoms with E-state index >= 15 is 0 Å². The smallest absolute Gasteiger partial charge is 0.128 e. The van der Waals surface area contributed by atoms with Gasteiger partial charge in [-0.3, -0.25) is 0 Å². The second kappa shape index (κ2) is 6.11. The predicted octanol–water partition coefficient (Wildman–Crippen LogP) is 4.40. The van der Waals surface area contributed by atoms with E-state index in [9.17, 15) is 4.39 Å². The van der Waals surface area contributed by atoms with Gasteiger partial charge in [0.25, 0.3) is 0 Å². The Labute approximate surface area is 98.8 Å². The zero-order valence-corrected chi connectivity index (χ0v) is 10.7. The van der Waals surface area contributed by atoms with E-state index < -0.39 is 0 Å². The highest BCUT2D eigenvalue weighted by Gasteiger charge is 2.05. The highest BCUT2D eigenvalue weighted by molar-refractivity contribution is 9.10. The summed E-state index contributed by atoms with van der Waals surface area (Å²) >= 11 is 3.23. The Morgan fingerprint density at radius 2 is 1.93 bits per heavy atom.